The highest BCUT2D eigenvalue weighted by Gasteiger charge is 2.06. The van der Waals surface area contributed by atoms with E-state index in [9.17, 15) is 4.39 Å². The van der Waals surface area contributed by atoms with Gasteiger partial charge in [-0.1, -0.05) is 18.3 Å². The van der Waals surface area contributed by atoms with Crippen molar-refractivity contribution in [2.24, 2.45) is 5.73 Å². The third-order valence-electron chi connectivity index (χ3n) is 2.73. The standard InChI is InChI=1S/C13H13FN2S/c1-9-7-11(14)5-4-10(9)8-16-6-2-3-12(16)13(15)17/h2-7H,8H2,1H3,(H2,15,17). The van der Waals surface area contributed by atoms with Crippen molar-refractivity contribution in [2.75, 3.05) is 0 Å². The number of nitrogens with two attached hydrogens (primary N) is 1. The van der Waals surface area contributed by atoms with Gasteiger partial charge < -0.3 is 10.3 Å². The molecule has 0 radical (unpaired) electrons. The van der Waals surface area contributed by atoms with Gasteiger partial charge in [-0.2, -0.15) is 0 Å². The summed E-state index contributed by atoms with van der Waals surface area (Å²) in [5.74, 6) is -0.215. The lowest BCUT2D eigenvalue weighted by atomic mass is 10.1. The van der Waals surface area contributed by atoms with Crippen molar-refractivity contribution < 1.29 is 4.39 Å². The minimum Gasteiger partial charge on any atom is -0.388 e. The van der Waals surface area contributed by atoms with Gasteiger partial charge in [-0.15, -0.1) is 0 Å². The van der Waals surface area contributed by atoms with Gasteiger partial charge in [0.25, 0.3) is 0 Å². The molecule has 1 heterocycles. The van der Waals surface area contributed by atoms with Crippen molar-refractivity contribution in [1.82, 2.24) is 4.57 Å². The molecule has 4 heteroatoms. The molecule has 0 spiro atoms. The predicted octanol–water partition coefficient (Wildman–Crippen LogP) is 2.62. The zero-order valence-corrected chi connectivity index (χ0v) is 10.3. The molecular weight excluding hydrogens is 235 g/mol. The summed E-state index contributed by atoms with van der Waals surface area (Å²) in [6, 6.07) is 8.55. The quantitative estimate of drug-likeness (QED) is 0.846. The molecule has 0 saturated carbocycles. The highest BCUT2D eigenvalue weighted by Crippen LogP contribution is 2.13. The number of aryl methyl sites for hydroxylation is 1. The number of nitrogens with zero attached hydrogens (tertiary/aromatic N) is 1. The van der Waals surface area contributed by atoms with Crippen LogP contribution >= 0.6 is 12.2 Å². The fraction of sp³-hybridized carbons (Fsp3) is 0.154. The molecule has 0 aliphatic rings. The zero-order chi connectivity index (χ0) is 12.4. The Balaban J connectivity index is 2.31. The van der Waals surface area contributed by atoms with E-state index in [2.05, 4.69) is 0 Å². The second-order valence-corrected chi connectivity index (χ2v) is 4.40. The largest absolute Gasteiger partial charge is 0.388 e. The van der Waals surface area contributed by atoms with Crippen LogP contribution in [0.4, 0.5) is 4.39 Å². The van der Waals surface area contributed by atoms with Gasteiger partial charge in [0.05, 0.1) is 5.69 Å². The Morgan fingerprint density at radius 3 is 2.82 bits per heavy atom. The Kier molecular flexibility index (Phi) is 3.24. The van der Waals surface area contributed by atoms with Crippen molar-refractivity contribution in [3.8, 4) is 0 Å². The second kappa shape index (κ2) is 4.67. The van der Waals surface area contributed by atoms with Crippen molar-refractivity contribution >= 4 is 17.2 Å². The molecule has 0 unspecified atom stereocenters. The molecule has 2 nitrogen and oxygen atoms in total. The molecule has 0 amide bonds. The van der Waals surface area contributed by atoms with Crippen LogP contribution in [0.25, 0.3) is 0 Å². The molecule has 0 saturated heterocycles. The van der Waals surface area contributed by atoms with E-state index < -0.39 is 0 Å². The van der Waals surface area contributed by atoms with Gasteiger partial charge in [0.1, 0.15) is 10.8 Å². The first-order valence-corrected chi connectivity index (χ1v) is 5.68. The fourth-order valence-corrected chi connectivity index (χ4v) is 1.98. The number of hydrogen-bond acceptors (Lipinski definition) is 1. The second-order valence-electron chi connectivity index (χ2n) is 3.96. The number of rotatable bonds is 3. The molecule has 17 heavy (non-hydrogen) atoms. The van der Waals surface area contributed by atoms with Crippen LogP contribution in [-0.2, 0) is 6.54 Å². The summed E-state index contributed by atoms with van der Waals surface area (Å²) >= 11 is 4.97. The van der Waals surface area contributed by atoms with E-state index in [1.54, 1.807) is 6.07 Å². The van der Waals surface area contributed by atoms with Crippen LogP contribution in [0.2, 0.25) is 0 Å². The molecule has 0 fully saturated rings. The summed E-state index contributed by atoms with van der Waals surface area (Å²) in [5.41, 5.74) is 8.43. The molecule has 0 bridgehead atoms. The van der Waals surface area contributed by atoms with Crippen LogP contribution in [0.1, 0.15) is 16.8 Å². The Morgan fingerprint density at radius 2 is 2.18 bits per heavy atom. The van der Waals surface area contributed by atoms with E-state index in [4.69, 9.17) is 18.0 Å². The number of aromatic nitrogens is 1. The van der Waals surface area contributed by atoms with E-state index in [1.807, 2.05) is 29.8 Å². The first-order valence-electron chi connectivity index (χ1n) is 5.28. The van der Waals surface area contributed by atoms with Crippen LogP contribution in [-0.4, -0.2) is 9.56 Å². The maximum Gasteiger partial charge on any atom is 0.123 e. The molecule has 0 atom stereocenters. The van der Waals surface area contributed by atoms with Gasteiger partial charge in [0, 0.05) is 12.7 Å². The number of thiocarbonyl (C=S) groups is 1. The molecule has 88 valence electrons. The summed E-state index contributed by atoms with van der Waals surface area (Å²) in [7, 11) is 0. The van der Waals surface area contributed by atoms with Gasteiger partial charge in [-0.05, 0) is 42.3 Å². The molecular formula is C13H13FN2S. The molecule has 2 aromatic rings. The van der Waals surface area contributed by atoms with Crippen LogP contribution in [0.5, 0.6) is 0 Å². The first-order chi connectivity index (χ1) is 8.08. The van der Waals surface area contributed by atoms with Crippen LogP contribution in [0.15, 0.2) is 36.5 Å². The Hall–Kier alpha value is -1.68. The van der Waals surface area contributed by atoms with E-state index in [1.165, 1.54) is 12.1 Å². The average molecular weight is 248 g/mol. The molecule has 2 rings (SSSR count). The zero-order valence-electron chi connectivity index (χ0n) is 9.48. The highest BCUT2D eigenvalue weighted by molar-refractivity contribution is 7.80. The third kappa shape index (κ3) is 2.53. The van der Waals surface area contributed by atoms with Gasteiger partial charge in [-0.25, -0.2) is 4.39 Å². The summed E-state index contributed by atoms with van der Waals surface area (Å²) in [5, 5.41) is 0. The average Bonchev–Trinajstić information content (AvgIpc) is 2.70. The Bertz CT molecular complexity index is 560. The van der Waals surface area contributed by atoms with Crippen LogP contribution < -0.4 is 5.73 Å². The third-order valence-corrected chi connectivity index (χ3v) is 2.94. The molecule has 0 aliphatic carbocycles. The lowest BCUT2D eigenvalue weighted by Crippen LogP contribution is -2.16. The van der Waals surface area contributed by atoms with Crippen LogP contribution in [0, 0.1) is 12.7 Å². The van der Waals surface area contributed by atoms with Gasteiger partial charge >= 0.3 is 0 Å². The topological polar surface area (TPSA) is 30.9 Å². The number of benzene rings is 1. The summed E-state index contributed by atoms with van der Waals surface area (Å²) in [6.45, 7) is 2.54. The fourth-order valence-electron chi connectivity index (χ4n) is 1.80. The highest BCUT2D eigenvalue weighted by atomic mass is 32.1. The normalized spacial score (nSPS) is 10.5. The van der Waals surface area contributed by atoms with Gasteiger partial charge in [0.2, 0.25) is 0 Å². The maximum atomic E-state index is 13.0. The van der Waals surface area contributed by atoms with E-state index >= 15 is 0 Å². The Morgan fingerprint density at radius 1 is 1.41 bits per heavy atom. The summed E-state index contributed by atoms with van der Waals surface area (Å²) in [4.78, 5) is 0.370. The van der Waals surface area contributed by atoms with Crippen molar-refractivity contribution in [3.05, 3.63) is 59.2 Å². The molecule has 2 N–H and O–H groups in total. The van der Waals surface area contributed by atoms with E-state index in [0.29, 0.717) is 11.5 Å². The summed E-state index contributed by atoms with van der Waals surface area (Å²) < 4.78 is 14.9. The SMILES string of the molecule is Cc1cc(F)ccc1Cn1cccc1C(N)=S. The lowest BCUT2D eigenvalue weighted by molar-refractivity contribution is 0.624. The van der Waals surface area contributed by atoms with E-state index in [0.717, 1.165) is 16.8 Å². The van der Waals surface area contributed by atoms with Crippen molar-refractivity contribution in [2.45, 2.75) is 13.5 Å². The van der Waals surface area contributed by atoms with Gasteiger partial charge in [0.15, 0.2) is 0 Å². The van der Waals surface area contributed by atoms with Gasteiger partial charge in [-0.3, -0.25) is 0 Å². The van der Waals surface area contributed by atoms with Crippen molar-refractivity contribution in [1.29, 1.82) is 0 Å². The predicted molar refractivity (Wildman–Crippen MR) is 70.6 cm³/mol. The lowest BCUT2D eigenvalue weighted by Gasteiger charge is -2.10. The monoisotopic (exact) mass is 248 g/mol. The first kappa shape index (κ1) is 11.8. The molecule has 1 aromatic heterocycles. The molecule has 0 aliphatic heterocycles. The minimum atomic E-state index is -0.215. The minimum absolute atomic E-state index is 0.215. The molecule has 1 aromatic carbocycles. The smallest absolute Gasteiger partial charge is 0.123 e. The van der Waals surface area contributed by atoms with E-state index in [-0.39, 0.29) is 5.82 Å². The van der Waals surface area contributed by atoms with Crippen LogP contribution in [0.3, 0.4) is 0 Å². The summed E-state index contributed by atoms with van der Waals surface area (Å²) in [6.07, 6.45) is 1.91. The maximum absolute atomic E-state index is 13.0. The van der Waals surface area contributed by atoms with Crippen molar-refractivity contribution in [3.63, 3.8) is 0 Å². The Labute approximate surface area is 105 Å². The number of halogens is 1. The number of hydrogen-bond donors (Lipinski definition) is 1.